The van der Waals surface area contributed by atoms with Crippen LogP contribution in [-0.2, 0) is 7.05 Å². The van der Waals surface area contributed by atoms with Crippen molar-refractivity contribution >= 4 is 22.7 Å². The van der Waals surface area contributed by atoms with Gasteiger partial charge >= 0.3 is 6.09 Å². The number of methoxy groups -OCH3 is 1. The number of alkyl halides is 1. The molecule has 1 unspecified atom stereocenters. The molecule has 2 aromatic heterocycles. The third-order valence-corrected chi connectivity index (χ3v) is 7.12. The van der Waals surface area contributed by atoms with Gasteiger partial charge in [0.05, 0.1) is 36.3 Å². The van der Waals surface area contributed by atoms with E-state index in [2.05, 4.69) is 15.2 Å². The summed E-state index contributed by atoms with van der Waals surface area (Å²) in [4.78, 5) is 31.2. The van der Waals surface area contributed by atoms with Crippen LogP contribution >= 0.6 is 0 Å². The Balaban J connectivity index is 1.45. The van der Waals surface area contributed by atoms with Crippen molar-refractivity contribution in [1.82, 2.24) is 24.6 Å². The number of fused-ring (bicyclic) bond motifs is 3. The summed E-state index contributed by atoms with van der Waals surface area (Å²) >= 11 is 0. The largest absolute Gasteiger partial charge is 0.496 e. The Morgan fingerprint density at radius 1 is 1.26 bits per heavy atom. The number of halogens is 2. The number of aromatic nitrogens is 4. The topological polar surface area (TPSA) is 114 Å². The third kappa shape index (κ3) is 3.63. The van der Waals surface area contributed by atoms with E-state index in [-0.39, 0.29) is 33.9 Å². The number of rotatable bonds is 4. The highest BCUT2D eigenvalue weighted by Gasteiger charge is 2.51. The fourth-order valence-corrected chi connectivity index (χ4v) is 5.30. The first-order valence-corrected chi connectivity index (χ1v) is 11.2. The van der Waals surface area contributed by atoms with E-state index in [0.717, 1.165) is 10.8 Å². The van der Waals surface area contributed by atoms with Crippen molar-refractivity contribution in [2.75, 3.05) is 19.1 Å². The lowest BCUT2D eigenvalue weighted by Crippen LogP contribution is -2.58. The van der Waals surface area contributed by atoms with E-state index in [1.54, 1.807) is 11.9 Å². The lowest BCUT2D eigenvalue weighted by Gasteiger charge is -2.43. The van der Waals surface area contributed by atoms with Gasteiger partial charge in [0.1, 0.15) is 17.7 Å². The van der Waals surface area contributed by atoms with Crippen LogP contribution in [-0.4, -0.2) is 74.3 Å². The molecule has 184 valence electrons. The van der Waals surface area contributed by atoms with Gasteiger partial charge in [-0.3, -0.25) is 9.69 Å². The van der Waals surface area contributed by atoms with Crippen molar-refractivity contribution in [2.24, 2.45) is 7.05 Å². The second-order valence-corrected chi connectivity index (χ2v) is 8.98. The summed E-state index contributed by atoms with van der Waals surface area (Å²) in [5.41, 5.74) is -0.0176. The number of hydrogen-bond donors (Lipinski definition) is 1. The Bertz CT molecular complexity index is 1360. The standard InChI is InChI=1S/C23H24F2N6O4/c1-29-10-15(24)12-7-14(18(35-3)8-13(12)22(29)32)21-26-9-19(27-28-21)30(2)17-6-11-4-5-16(20(17)25)31(11)23(33)34/h7-11,16-17,20H,4-6H2,1-3H3,(H,33,34)/t11-,16?,17-,20+/m0/s1. The van der Waals surface area contributed by atoms with Crippen LogP contribution in [0.3, 0.4) is 0 Å². The second-order valence-electron chi connectivity index (χ2n) is 8.98. The highest BCUT2D eigenvalue weighted by atomic mass is 19.1. The highest BCUT2D eigenvalue weighted by molar-refractivity contribution is 5.89. The molecular weight excluding hydrogens is 462 g/mol. The lowest BCUT2D eigenvalue weighted by molar-refractivity contribution is 0.0489. The van der Waals surface area contributed by atoms with E-state index in [4.69, 9.17) is 4.74 Å². The summed E-state index contributed by atoms with van der Waals surface area (Å²) in [6.07, 6.45) is 1.54. The molecule has 2 aliphatic heterocycles. The minimum Gasteiger partial charge on any atom is -0.496 e. The zero-order chi connectivity index (χ0) is 25.0. The molecule has 4 heterocycles. The van der Waals surface area contributed by atoms with Crippen LogP contribution in [0.25, 0.3) is 22.2 Å². The van der Waals surface area contributed by atoms with Crippen molar-refractivity contribution in [3.63, 3.8) is 0 Å². The number of ether oxygens (including phenoxy) is 1. The minimum absolute atomic E-state index is 0.106. The molecule has 3 aromatic rings. The predicted octanol–water partition coefficient (Wildman–Crippen LogP) is 2.60. The van der Waals surface area contributed by atoms with Crippen LogP contribution in [0.15, 0.2) is 29.3 Å². The molecule has 5 rings (SSSR count). The molecule has 12 heteroatoms. The van der Waals surface area contributed by atoms with Gasteiger partial charge in [0.25, 0.3) is 5.56 Å². The Labute approximate surface area is 198 Å². The van der Waals surface area contributed by atoms with Gasteiger partial charge in [0.2, 0.25) is 0 Å². The zero-order valence-electron chi connectivity index (χ0n) is 19.4. The molecule has 2 saturated heterocycles. The number of hydrogen-bond acceptors (Lipinski definition) is 7. The number of nitrogens with zero attached hydrogens (tertiary/aromatic N) is 6. The summed E-state index contributed by atoms with van der Waals surface area (Å²) in [6.45, 7) is 0. The molecule has 2 bridgehead atoms. The fourth-order valence-electron chi connectivity index (χ4n) is 5.30. The number of piperidine rings is 1. The number of carboxylic acid groups (broad SMARTS) is 1. The average Bonchev–Trinajstić information content (AvgIpc) is 3.21. The van der Waals surface area contributed by atoms with Gasteiger partial charge in [-0.05, 0) is 31.4 Å². The van der Waals surface area contributed by atoms with Crippen LogP contribution < -0.4 is 15.2 Å². The fraction of sp³-hybridized carbons (Fsp3) is 0.435. The summed E-state index contributed by atoms with van der Waals surface area (Å²) in [7, 11) is 4.57. The molecule has 2 fully saturated rings. The SMILES string of the molecule is COc1cc2c(=O)n(C)cc(F)c2cc1-c1ncc(N(C)[C@H]2C[C@@H]3CCC([C@H]2F)N3C(=O)O)nn1. The molecule has 0 spiro atoms. The number of carbonyl (C=O) groups is 1. The number of benzene rings is 1. The number of aryl methyl sites for hydroxylation is 1. The van der Waals surface area contributed by atoms with E-state index < -0.39 is 30.2 Å². The van der Waals surface area contributed by atoms with Gasteiger partial charge in [-0.15, -0.1) is 10.2 Å². The van der Waals surface area contributed by atoms with E-state index in [9.17, 15) is 19.1 Å². The molecule has 0 aliphatic carbocycles. The Morgan fingerprint density at radius 3 is 2.69 bits per heavy atom. The van der Waals surface area contributed by atoms with Crippen molar-refractivity contribution in [2.45, 2.75) is 43.6 Å². The first-order valence-electron chi connectivity index (χ1n) is 11.2. The van der Waals surface area contributed by atoms with Gasteiger partial charge in [0.15, 0.2) is 11.6 Å². The summed E-state index contributed by atoms with van der Waals surface area (Å²) in [5, 5.41) is 18.1. The van der Waals surface area contributed by atoms with Crippen molar-refractivity contribution in [3.8, 4) is 17.1 Å². The molecule has 0 saturated carbocycles. The highest BCUT2D eigenvalue weighted by Crippen LogP contribution is 2.40. The maximum atomic E-state index is 15.3. The van der Waals surface area contributed by atoms with E-state index in [1.165, 1.54) is 37.4 Å². The van der Waals surface area contributed by atoms with Gasteiger partial charge in [-0.25, -0.2) is 18.6 Å². The lowest BCUT2D eigenvalue weighted by atomic mass is 9.94. The van der Waals surface area contributed by atoms with Crippen LogP contribution in [0.4, 0.5) is 19.4 Å². The van der Waals surface area contributed by atoms with Crippen LogP contribution in [0.2, 0.25) is 0 Å². The zero-order valence-corrected chi connectivity index (χ0v) is 19.4. The third-order valence-electron chi connectivity index (χ3n) is 7.12. The summed E-state index contributed by atoms with van der Waals surface area (Å²) in [6, 6.07) is 1.41. The maximum Gasteiger partial charge on any atom is 0.407 e. The Morgan fingerprint density at radius 2 is 2.03 bits per heavy atom. The van der Waals surface area contributed by atoms with Gasteiger partial charge < -0.3 is 19.3 Å². The van der Waals surface area contributed by atoms with E-state index in [0.29, 0.717) is 30.6 Å². The van der Waals surface area contributed by atoms with Crippen molar-refractivity contribution in [1.29, 1.82) is 0 Å². The van der Waals surface area contributed by atoms with Gasteiger partial charge in [-0.1, -0.05) is 0 Å². The quantitative estimate of drug-likeness (QED) is 0.599. The van der Waals surface area contributed by atoms with Crippen LogP contribution in [0.5, 0.6) is 5.75 Å². The Hall–Kier alpha value is -3.83. The molecule has 10 nitrogen and oxygen atoms in total. The molecule has 0 radical (unpaired) electrons. The Kier molecular flexibility index (Phi) is 5.53. The molecular formula is C23H24F2N6O4. The number of amides is 1. The molecule has 1 amide bonds. The minimum atomic E-state index is -1.37. The van der Waals surface area contributed by atoms with Crippen molar-refractivity contribution < 1.29 is 23.4 Å². The van der Waals surface area contributed by atoms with E-state index >= 15 is 4.39 Å². The average molecular weight is 486 g/mol. The molecule has 35 heavy (non-hydrogen) atoms. The maximum absolute atomic E-state index is 15.3. The van der Waals surface area contributed by atoms with Gasteiger partial charge in [0, 0.05) is 31.7 Å². The van der Waals surface area contributed by atoms with Gasteiger partial charge in [-0.2, -0.15) is 0 Å². The normalized spacial score (nSPS) is 23.5. The first-order chi connectivity index (χ1) is 16.7. The number of anilines is 1. The monoisotopic (exact) mass is 486 g/mol. The van der Waals surface area contributed by atoms with E-state index in [1.807, 2.05) is 0 Å². The first kappa shape index (κ1) is 22.9. The molecule has 1 aromatic carbocycles. The van der Waals surface area contributed by atoms with Crippen molar-refractivity contribution in [3.05, 3.63) is 40.7 Å². The second kappa shape index (κ2) is 8.43. The summed E-state index contributed by atoms with van der Waals surface area (Å²) in [5.74, 6) is 0.180. The summed E-state index contributed by atoms with van der Waals surface area (Å²) < 4.78 is 36.4. The number of pyridine rings is 1. The molecule has 4 atom stereocenters. The van der Waals surface area contributed by atoms with Crippen LogP contribution in [0.1, 0.15) is 19.3 Å². The smallest absolute Gasteiger partial charge is 0.407 e. The van der Waals surface area contributed by atoms with Crippen LogP contribution in [0, 0.1) is 5.82 Å². The molecule has 2 aliphatic rings. The molecule has 1 N–H and O–H groups in total. The predicted molar refractivity (Wildman–Crippen MR) is 123 cm³/mol.